The van der Waals surface area contributed by atoms with Crippen LogP contribution < -0.4 is 5.73 Å². The fourth-order valence-corrected chi connectivity index (χ4v) is 5.72. The molecule has 86 valence electrons. The molecule has 0 aromatic carbocycles. The van der Waals surface area contributed by atoms with Crippen molar-refractivity contribution in [2.24, 2.45) is 23.5 Å². The lowest BCUT2D eigenvalue weighted by molar-refractivity contribution is 0.281. The molecule has 3 rings (SSSR count). The van der Waals surface area contributed by atoms with Gasteiger partial charge in [0.05, 0.1) is 0 Å². The lowest BCUT2D eigenvalue weighted by Crippen LogP contribution is -2.35. The molecule has 2 bridgehead atoms. The second-order valence-electron chi connectivity index (χ2n) is 5.98. The Morgan fingerprint density at radius 1 is 1.27 bits per heavy atom. The molecule has 2 heteroatoms. The molecule has 0 radical (unpaired) electrons. The number of rotatable bonds is 3. The van der Waals surface area contributed by atoms with Crippen molar-refractivity contribution in [2.45, 2.75) is 49.7 Å². The van der Waals surface area contributed by atoms with Crippen LogP contribution in [0.2, 0.25) is 0 Å². The molecule has 0 aromatic heterocycles. The standard InChI is InChI=1S/C13H23NS/c14-9-13(4-1-5-15-13)8-12-7-10-2-3-11(12)6-10/h10-12H,1-9,14H2. The minimum Gasteiger partial charge on any atom is -0.329 e. The van der Waals surface area contributed by atoms with Crippen molar-refractivity contribution in [3.8, 4) is 0 Å². The highest BCUT2D eigenvalue weighted by molar-refractivity contribution is 8.00. The van der Waals surface area contributed by atoms with Gasteiger partial charge in [0.25, 0.3) is 0 Å². The summed E-state index contributed by atoms with van der Waals surface area (Å²) in [7, 11) is 0. The molecule has 3 fully saturated rings. The summed E-state index contributed by atoms with van der Waals surface area (Å²) in [5.74, 6) is 4.58. The first-order chi connectivity index (χ1) is 7.31. The van der Waals surface area contributed by atoms with Crippen molar-refractivity contribution in [2.75, 3.05) is 12.3 Å². The van der Waals surface area contributed by atoms with Crippen LogP contribution in [0.5, 0.6) is 0 Å². The van der Waals surface area contributed by atoms with E-state index < -0.39 is 0 Å². The zero-order valence-corrected chi connectivity index (χ0v) is 10.4. The Bertz CT molecular complexity index is 235. The fourth-order valence-electron chi connectivity index (χ4n) is 4.26. The van der Waals surface area contributed by atoms with Gasteiger partial charge in [-0.25, -0.2) is 0 Å². The molecule has 2 N–H and O–H groups in total. The van der Waals surface area contributed by atoms with Gasteiger partial charge in [-0.2, -0.15) is 11.8 Å². The first kappa shape index (κ1) is 10.5. The van der Waals surface area contributed by atoms with E-state index in [1.54, 1.807) is 6.42 Å². The number of hydrogen-bond donors (Lipinski definition) is 1. The van der Waals surface area contributed by atoms with Crippen molar-refractivity contribution in [1.29, 1.82) is 0 Å². The molecule has 4 atom stereocenters. The molecule has 1 nitrogen and oxygen atoms in total. The van der Waals surface area contributed by atoms with Gasteiger partial charge < -0.3 is 5.73 Å². The van der Waals surface area contributed by atoms with Gasteiger partial charge in [-0.15, -0.1) is 0 Å². The summed E-state index contributed by atoms with van der Waals surface area (Å²) in [5.41, 5.74) is 6.02. The van der Waals surface area contributed by atoms with Crippen molar-refractivity contribution < 1.29 is 0 Å². The highest BCUT2D eigenvalue weighted by atomic mass is 32.2. The predicted molar refractivity (Wildman–Crippen MR) is 67.0 cm³/mol. The summed E-state index contributed by atoms with van der Waals surface area (Å²) in [5, 5.41) is 0. The first-order valence-corrected chi connectivity index (χ1v) is 7.64. The van der Waals surface area contributed by atoms with E-state index in [1.165, 1.54) is 44.3 Å². The smallest absolute Gasteiger partial charge is 0.0285 e. The third kappa shape index (κ3) is 1.84. The molecule has 1 aliphatic heterocycles. The largest absolute Gasteiger partial charge is 0.329 e. The maximum absolute atomic E-state index is 6.02. The molecule has 2 saturated carbocycles. The molecule has 0 aromatic rings. The Hall–Kier alpha value is 0.310. The summed E-state index contributed by atoms with van der Waals surface area (Å²) in [6.07, 6.45) is 10.4. The van der Waals surface area contributed by atoms with Gasteiger partial charge in [-0.1, -0.05) is 6.42 Å². The molecule has 0 amide bonds. The van der Waals surface area contributed by atoms with E-state index in [0.29, 0.717) is 4.75 Å². The molecule has 3 aliphatic rings. The normalized spacial score (nSPS) is 49.0. The number of fused-ring (bicyclic) bond motifs is 2. The molecule has 2 aliphatic carbocycles. The van der Waals surface area contributed by atoms with Crippen molar-refractivity contribution in [1.82, 2.24) is 0 Å². The SMILES string of the molecule is NCC1(CC2CC3CCC2C3)CCCS1. The van der Waals surface area contributed by atoms with Crippen LogP contribution in [0, 0.1) is 17.8 Å². The Labute approximate surface area is 97.6 Å². The van der Waals surface area contributed by atoms with Crippen LogP contribution in [-0.4, -0.2) is 17.0 Å². The number of hydrogen-bond acceptors (Lipinski definition) is 2. The number of nitrogens with two attached hydrogens (primary N) is 1. The molecule has 15 heavy (non-hydrogen) atoms. The Kier molecular flexibility index (Phi) is 2.76. The molecular weight excluding hydrogens is 202 g/mol. The summed E-state index contributed by atoms with van der Waals surface area (Å²) in [4.78, 5) is 0. The van der Waals surface area contributed by atoms with Crippen molar-refractivity contribution >= 4 is 11.8 Å². The van der Waals surface area contributed by atoms with Gasteiger partial charge >= 0.3 is 0 Å². The van der Waals surface area contributed by atoms with Gasteiger partial charge in [0.1, 0.15) is 0 Å². The zero-order valence-electron chi connectivity index (χ0n) is 9.58. The van der Waals surface area contributed by atoms with Gasteiger partial charge in [0.15, 0.2) is 0 Å². The summed E-state index contributed by atoms with van der Waals surface area (Å²) in [6, 6.07) is 0. The van der Waals surface area contributed by atoms with Gasteiger partial charge in [0.2, 0.25) is 0 Å². The molecule has 1 saturated heterocycles. The van der Waals surface area contributed by atoms with Crippen molar-refractivity contribution in [3.05, 3.63) is 0 Å². The van der Waals surface area contributed by atoms with E-state index in [9.17, 15) is 0 Å². The number of thioether (sulfide) groups is 1. The van der Waals surface area contributed by atoms with E-state index in [0.717, 1.165) is 24.3 Å². The second kappa shape index (κ2) is 3.96. The molecular formula is C13H23NS. The van der Waals surface area contributed by atoms with E-state index in [-0.39, 0.29) is 0 Å². The highest BCUT2D eigenvalue weighted by Crippen LogP contribution is 2.53. The lowest BCUT2D eigenvalue weighted by atomic mass is 9.80. The average Bonchev–Trinajstić information content (AvgIpc) is 2.93. The van der Waals surface area contributed by atoms with Crippen LogP contribution in [0.1, 0.15) is 44.9 Å². The molecule has 0 spiro atoms. The van der Waals surface area contributed by atoms with E-state index >= 15 is 0 Å². The van der Waals surface area contributed by atoms with Gasteiger partial charge in [0, 0.05) is 11.3 Å². The van der Waals surface area contributed by atoms with Crippen LogP contribution >= 0.6 is 11.8 Å². The molecule has 4 unspecified atom stereocenters. The minimum absolute atomic E-state index is 0.495. The topological polar surface area (TPSA) is 26.0 Å². The summed E-state index contributed by atoms with van der Waals surface area (Å²) < 4.78 is 0.495. The van der Waals surface area contributed by atoms with E-state index in [4.69, 9.17) is 5.73 Å². The van der Waals surface area contributed by atoms with Crippen molar-refractivity contribution in [3.63, 3.8) is 0 Å². The lowest BCUT2D eigenvalue weighted by Gasteiger charge is -2.33. The van der Waals surface area contributed by atoms with Crippen LogP contribution in [0.4, 0.5) is 0 Å². The zero-order chi connectivity index (χ0) is 10.3. The third-order valence-corrected chi connectivity index (χ3v) is 6.72. The van der Waals surface area contributed by atoms with Gasteiger partial charge in [-0.05, 0) is 62.0 Å². The Morgan fingerprint density at radius 3 is 2.73 bits per heavy atom. The van der Waals surface area contributed by atoms with Crippen LogP contribution in [0.15, 0.2) is 0 Å². The Morgan fingerprint density at radius 2 is 2.20 bits per heavy atom. The molecule has 1 heterocycles. The third-order valence-electron chi connectivity index (χ3n) is 5.08. The highest BCUT2D eigenvalue weighted by Gasteiger charge is 2.44. The van der Waals surface area contributed by atoms with E-state index in [1.807, 2.05) is 0 Å². The second-order valence-corrected chi connectivity index (χ2v) is 7.54. The van der Waals surface area contributed by atoms with Gasteiger partial charge in [-0.3, -0.25) is 0 Å². The van der Waals surface area contributed by atoms with Crippen LogP contribution in [0.3, 0.4) is 0 Å². The maximum Gasteiger partial charge on any atom is 0.0285 e. The summed E-state index contributed by atoms with van der Waals surface area (Å²) >= 11 is 2.18. The minimum atomic E-state index is 0.495. The summed E-state index contributed by atoms with van der Waals surface area (Å²) in [6.45, 7) is 0.922. The maximum atomic E-state index is 6.02. The average molecular weight is 225 g/mol. The van der Waals surface area contributed by atoms with Crippen LogP contribution in [-0.2, 0) is 0 Å². The Balaban J connectivity index is 1.64. The fraction of sp³-hybridized carbons (Fsp3) is 1.00. The quantitative estimate of drug-likeness (QED) is 0.799. The predicted octanol–water partition coefficient (Wildman–Crippen LogP) is 3.04. The monoisotopic (exact) mass is 225 g/mol. The first-order valence-electron chi connectivity index (χ1n) is 6.65. The van der Waals surface area contributed by atoms with E-state index in [2.05, 4.69) is 11.8 Å². The van der Waals surface area contributed by atoms with Crippen LogP contribution in [0.25, 0.3) is 0 Å².